The lowest BCUT2D eigenvalue weighted by Gasteiger charge is -2.20. The van der Waals surface area contributed by atoms with Crippen molar-refractivity contribution in [3.63, 3.8) is 0 Å². The van der Waals surface area contributed by atoms with Gasteiger partial charge in [0.1, 0.15) is 5.75 Å². The van der Waals surface area contributed by atoms with E-state index in [1.165, 1.54) is 25.3 Å². The number of carbonyl (C=O) groups excluding carboxylic acids is 2. The molecular formula is C21H24N2O5S. The minimum Gasteiger partial charge on any atom is -0.495 e. The van der Waals surface area contributed by atoms with E-state index < -0.39 is 16.1 Å². The Labute approximate surface area is 170 Å². The zero-order chi connectivity index (χ0) is 21.3. The van der Waals surface area contributed by atoms with Gasteiger partial charge in [0.25, 0.3) is 0 Å². The molecule has 0 unspecified atom stereocenters. The summed E-state index contributed by atoms with van der Waals surface area (Å²) in [5, 5.41) is 0. The Morgan fingerprint density at radius 2 is 1.69 bits per heavy atom. The summed E-state index contributed by atoms with van der Waals surface area (Å²) in [4.78, 5) is 25.2. The van der Waals surface area contributed by atoms with E-state index in [-0.39, 0.29) is 41.0 Å². The molecule has 1 aliphatic heterocycles. The first-order chi connectivity index (χ1) is 13.6. The van der Waals surface area contributed by atoms with E-state index >= 15 is 0 Å². The van der Waals surface area contributed by atoms with Gasteiger partial charge < -0.3 is 4.74 Å². The van der Waals surface area contributed by atoms with Gasteiger partial charge >= 0.3 is 0 Å². The van der Waals surface area contributed by atoms with Gasteiger partial charge in [-0.3, -0.25) is 9.59 Å². The molecule has 1 heterocycles. The van der Waals surface area contributed by atoms with Gasteiger partial charge in [0, 0.05) is 18.9 Å². The maximum atomic E-state index is 13.0. The van der Waals surface area contributed by atoms with Gasteiger partial charge in [-0.2, -0.15) is 0 Å². The third-order valence-corrected chi connectivity index (χ3v) is 6.52. The van der Waals surface area contributed by atoms with E-state index in [1.54, 1.807) is 6.92 Å². The van der Waals surface area contributed by atoms with Crippen LogP contribution in [0.3, 0.4) is 0 Å². The first-order valence-electron chi connectivity index (χ1n) is 9.27. The normalized spacial score (nSPS) is 15.7. The van der Waals surface area contributed by atoms with Gasteiger partial charge in [0.05, 0.1) is 17.7 Å². The molecule has 1 fully saturated rings. The van der Waals surface area contributed by atoms with Crippen molar-refractivity contribution in [2.75, 3.05) is 12.0 Å². The van der Waals surface area contributed by atoms with Crippen LogP contribution in [-0.2, 0) is 19.6 Å². The molecule has 1 aliphatic rings. The maximum Gasteiger partial charge on any atom is 0.241 e. The average molecular weight is 416 g/mol. The largest absolute Gasteiger partial charge is 0.495 e. The number of methoxy groups -OCH3 is 1. The van der Waals surface area contributed by atoms with Crippen molar-refractivity contribution in [2.24, 2.45) is 0 Å². The zero-order valence-corrected chi connectivity index (χ0v) is 17.7. The van der Waals surface area contributed by atoms with Crippen LogP contribution in [0.2, 0.25) is 0 Å². The number of amides is 2. The van der Waals surface area contributed by atoms with Gasteiger partial charge in [-0.1, -0.05) is 23.8 Å². The lowest BCUT2D eigenvalue weighted by atomic mass is 10.0. The van der Waals surface area contributed by atoms with E-state index in [4.69, 9.17) is 4.74 Å². The van der Waals surface area contributed by atoms with Crippen molar-refractivity contribution in [1.82, 2.24) is 4.72 Å². The molecule has 0 radical (unpaired) electrons. The van der Waals surface area contributed by atoms with Crippen molar-refractivity contribution in [3.8, 4) is 5.75 Å². The first kappa shape index (κ1) is 21.0. The third kappa shape index (κ3) is 4.18. The Hall–Kier alpha value is -2.71. The summed E-state index contributed by atoms with van der Waals surface area (Å²) in [6.45, 7) is 5.68. The highest BCUT2D eigenvalue weighted by Crippen LogP contribution is 2.34. The monoisotopic (exact) mass is 416 g/mol. The van der Waals surface area contributed by atoms with Crippen LogP contribution >= 0.6 is 0 Å². The molecule has 8 heteroatoms. The average Bonchev–Trinajstić information content (AvgIpc) is 2.98. The topological polar surface area (TPSA) is 92.8 Å². The molecule has 7 nitrogen and oxygen atoms in total. The van der Waals surface area contributed by atoms with Crippen LogP contribution in [0.25, 0.3) is 0 Å². The van der Waals surface area contributed by atoms with Gasteiger partial charge in [-0.05, 0) is 50.1 Å². The molecule has 2 amide bonds. The molecule has 0 spiro atoms. The fraction of sp³-hybridized carbons (Fsp3) is 0.333. The van der Waals surface area contributed by atoms with Crippen molar-refractivity contribution in [2.45, 2.75) is 44.6 Å². The molecule has 0 aliphatic carbocycles. The first-order valence-corrected chi connectivity index (χ1v) is 10.8. The molecule has 154 valence electrons. The summed E-state index contributed by atoms with van der Waals surface area (Å²) in [6, 6.07) is 9.52. The van der Waals surface area contributed by atoms with E-state index in [0.29, 0.717) is 0 Å². The number of aryl methyl sites for hydroxylation is 2. The summed E-state index contributed by atoms with van der Waals surface area (Å²) in [7, 11) is -2.50. The number of hydrogen-bond donors (Lipinski definition) is 1. The fourth-order valence-electron chi connectivity index (χ4n) is 3.53. The van der Waals surface area contributed by atoms with Crippen molar-refractivity contribution in [1.29, 1.82) is 0 Å². The van der Waals surface area contributed by atoms with Gasteiger partial charge in [0.15, 0.2) is 0 Å². The Bertz CT molecular complexity index is 1060. The number of benzene rings is 2. The Morgan fingerprint density at radius 3 is 2.28 bits per heavy atom. The number of hydrogen-bond acceptors (Lipinski definition) is 5. The van der Waals surface area contributed by atoms with Crippen LogP contribution < -0.4 is 14.4 Å². The Kier molecular flexibility index (Phi) is 5.77. The standard InChI is InChI=1S/C21H24N2O5S/c1-13-5-7-17(14(2)11-13)15(3)22-29(26,27)16-6-8-19(28-4)18(12-16)23-20(24)9-10-21(23)25/h5-8,11-12,15,22H,9-10H2,1-4H3/t15-/m0/s1. The minimum atomic E-state index is -3.90. The summed E-state index contributed by atoms with van der Waals surface area (Å²) >= 11 is 0. The molecule has 29 heavy (non-hydrogen) atoms. The van der Waals surface area contributed by atoms with Gasteiger partial charge in [-0.25, -0.2) is 18.0 Å². The molecular weight excluding hydrogens is 392 g/mol. The third-order valence-electron chi connectivity index (χ3n) is 4.98. The molecule has 0 aromatic heterocycles. The molecule has 1 atom stereocenters. The quantitative estimate of drug-likeness (QED) is 0.731. The number of nitrogens with zero attached hydrogens (tertiary/aromatic N) is 1. The van der Waals surface area contributed by atoms with Gasteiger partial charge in [-0.15, -0.1) is 0 Å². The number of ether oxygens (including phenoxy) is 1. The van der Waals surface area contributed by atoms with E-state index in [9.17, 15) is 18.0 Å². The number of sulfonamides is 1. The van der Waals surface area contributed by atoms with Crippen LogP contribution in [0.15, 0.2) is 41.3 Å². The lowest BCUT2D eigenvalue weighted by molar-refractivity contribution is -0.121. The summed E-state index contributed by atoms with van der Waals surface area (Å²) in [6.07, 6.45) is 0.196. The fourth-order valence-corrected chi connectivity index (χ4v) is 4.78. The Balaban J connectivity index is 1.95. The molecule has 2 aromatic rings. The maximum absolute atomic E-state index is 13.0. The molecule has 1 saturated heterocycles. The lowest BCUT2D eigenvalue weighted by Crippen LogP contribution is -2.30. The molecule has 2 aromatic carbocycles. The molecule has 1 N–H and O–H groups in total. The summed E-state index contributed by atoms with van der Waals surface area (Å²) < 4.78 is 33.9. The van der Waals surface area contributed by atoms with Crippen molar-refractivity contribution in [3.05, 3.63) is 53.1 Å². The van der Waals surface area contributed by atoms with Crippen LogP contribution in [0.5, 0.6) is 5.75 Å². The van der Waals surface area contributed by atoms with Crippen molar-refractivity contribution >= 4 is 27.5 Å². The second-order valence-corrected chi connectivity index (χ2v) is 8.87. The number of anilines is 1. The van der Waals surface area contributed by atoms with Crippen LogP contribution in [-0.4, -0.2) is 27.3 Å². The SMILES string of the molecule is COc1ccc(S(=O)(=O)N[C@@H](C)c2ccc(C)cc2C)cc1N1C(=O)CCC1=O. The second-order valence-electron chi connectivity index (χ2n) is 7.16. The number of rotatable bonds is 6. The van der Waals surface area contributed by atoms with Crippen LogP contribution in [0.4, 0.5) is 5.69 Å². The highest BCUT2D eigenvalue weighted by Gasteiger charge is 2.33. The van der Waals surface area contributed by atoms with Gasteiger partial charge in [0.2, 0.25) is 21.8 Å². The van der Waals surface area contributed by atoms with Crippen LogP contribution in [0, 0.1) is 13.8 Å². The number of nitrogens with one attached hydrogen (secondary N) is 1. The number of imide groups is 1. The second kappa shape index (κ2) is 7.96. The molecule has 3 rings (SSSR count). The highest BCUT2D eigenvalue weighted by molar-refractivity contribution is 7.89. The van der Waals surface area contributed by atoms with Crippen LogP contribution in [0.1, 0.15) is 42.5 Å². The Morgan fingerprint density at radius 1 is 1.03 bits per heavy atom. The highest BCUT2D eigenvalue weighted by atomic mass is 32.2. The van der Waals surface area contributed by atoms with E-state index in [1.807, 2.05) is 32.0 Å². The smallest absolute Gasteiger partial charge is 0.241 e. The molecule has 0 bridgehead atoms. The predicted octanol–water partition coefficient (Wildman–Crippen LogP) is 3.00. The predicted molar refractivity (Wildman–Crippen MR) is 109 cm³/mol. The van der Waals surface area contributed by atoms with Crippen molar-refractivity contribution < 1.29 is 22.7 Å². The van der Waals surface area contributed by atoms with E-state index in [0.717, 1.165) is 21.6 Å². The summed E-state index contributed by atoms with van der Waals surface area (Å²) in [5.74, 6) is -0.492. The summed E-state index contributed by atoms with van der Waals surface area (Å²) in [5.41, 5.74) is 3.10. The molecule has 0 saturated carbocycles. The minimum absolute atomic E-state index is 0.0441. The number of carbonyl (C=O) groups is 2. The zero-order valence-electron chi connectivity index (χ0n) is 16.9. The van der Waals surface area contributed by atoms with E-state index in [2.05, 4.69) is 4.72 Å².